The molecule has 0 radical (unpaired) electrons. The number of aliphatic imine (C=N–C) groups is 1. The van der Waals surface area contributed by atoms with Gasteiger partial charge in [0.1, 0.15) is 0 Å². The van der Waals surface area contributed by atoms with Crippen molar-refractivity contribution in [2.24, 2.45) is 10.7 Å². The lowest BCUT2D eigenvalue weighted by molar-refractivity contribution is 0.0963. The number of carbonyl (C=O) groups is 1. The number of likely N-dealkylation sites (tertiary alicyclic amines) is 1. The summed E-state index contributed by atoms with van der Waals surface area (Å²) in [5.41, 5.74) is 8.31. The van der Waals surface area contributed by atoms with Gasteiger partial charge in [0.25, 0.3) is 0 Å². The lowest BCUT2D eigenvalue weighted by atomic mass is 10.1. The van der Waals surface area contributed by atoms with Crippen LogP contribution in [0.2, 0.25) is 0 Å². The lowest BCUT2D eigenvalue weighted by Gasteiger charge is -2.31. The van der Waals surface area contributed by atoms with E-state index in [1.54, 1.807) is 4.90 Å². The van der Waals surface area contributed by atoms with E-state index in [0.29, 0.717) is 32.2 Å². The Morgan fingerprint density at radius 1 is 1.37 bits per heavy atom. The molecular formula is C19H28IN5O2. The Morgan fingerprint density at radius 3 is 2.81 bits per heavy atom. The van der Waals surface area contributed by atoms with E-state index in [0.717, 1.165) is 30.5 Å². The van der Waals surface area contributed by atoms with Crippen molar-refractivity contribution in [1.29, 1.82) is 0 Å². The number of nitrogens with two attached hydrogens (primary N) is 1. The molecule has 0 atom stereocenters. The van der Waals surface area contributed by atoms with Gasteiger partial charge >= 0.3 is 6.09 Å². The Balaban J connectivity index is 0.00000261. The highest BCUT2D eigenvalue weighted by Gasteiger charge is 2.23. The van der Waals surface area contributed by atoms with Crippen molar-refractivity contribution in [1.82, 2.24) is 15.2 Å². The van der Waals surface area contributed by atoms with E-state index in [1.165, 1.54) is 5.39 Å². The zero-order chi connectivity index (χ0) is 18.4. The van der Waals surface area contributed by atoms with Gasteiger partial charge in [0.15, 0.2) is 5.96 Å². The predicted molar refractivity (Wildman–Crippen MR) is 119 cm³/mol. The number of nitrogens with zero attached hydrogens (tertiary/aromatic N) is 2. The summed E-state index contributed by atoms with van der Waals surface area (Å²) in [5.74, 6) is 0.468. The number of ether oxygens (including phenoxy) is 1. The maximum absolute atomic E-state index is 11.7. The third-order valence-electron chi connectivity index (χ3n) is 4.62. The Bertz CT molecular complexity index is 735. The number of aromatic nitrogens is 1. The highest BCUT2D eigenvalue weighted by molar-refractivity contribution is 14.0. The van der Waals surface area contributed by atoms with Crippen LogP contribution < -0.4 is 11.1 Å². The second-order valence-corrected chi connectivity index (χ2v) is 6.50. The molecule has 27 heavy (non-hydrogen) atoms. The molecule has 7 nitrogen and oxygen atoms in total. The van der Waals surface area contributed by atoms with Crippen LogP contribution in [0.25, 0.3) is 10.9 Å². The van der Waals surface area contributed by atoms with Crippen molar-refractivity contribution in [3.05, 3.63) is 36.0 Å². The zero-order valence-corrected chi connectivity index (χ0v) is 17.9. The Hall–Kier alpha value is -1.97. The number of nitrogens with one attached hydrogen (secondary N) is 2. The molecular weight excluding hydrogens is 457 g/mol. The quantitative estimate of drug-likeness (QED) is 0.345. The van der Waals surface area contributed by atoms with Gasteiger partial charge in [-0.15, -0.1) is 24.0 Å². The van der Waals surface area contributed by atoms with Crippen LogP contribution >= 0.6 is 24.0 Å². The van der Waals surface area contributed by atoms with Gasteiger partial charge in [0, 0.05) is 43.3 Å². The number of halogens is 1. The second kappa shape index (κ2) is 10.4. The van der Waals surface area contributed by atoms with Crippen LogP contribution in [-0.2, 0) is 11.2 Å². The monoisotopic (exact) mass is 485 g/mol. The minimum Gasteiger partial charge on any atom is -0.450 e. The highest BCUT2D eigenvalue weighted by Crippen LogP contribution is 2.15. The molecule has 1 saturated heterocycles. The molecule has 148 valence electrons. The van der Waals surface area contributed by atoms with Crippen molar-refractivity contribution >= 4 is 46.9 Å². The second-order valence-electron chi connectivity index (χ2n) is 6.50. The SMILES string of the molecule is CCOC(=O)N1CCC(NC(N)=NCCc2cc3ccccc3[nH]2)CC1.I. The van der Waals surface area contributed by atoms with Gasteiger partial charge in [-0.3, -0.25) is 4.99 Å². The predicted octanol–water partition coefficient (Wildman–Crippen LogP) is 2.85. The maximum Gasteiger partial charge on any atom is 0.409 e. The smallest absolute Gasteiger partial charge is 0.409 e. The first kappa shape index (κ1) is 21.3. The van der Waals surface area contributed by atoms with Gasteiger partial charge in [-0.2, -0.15) is 0 Å². The fraction of sp³-hybridized carbons (Fsp3) is 0.474. The van der Waals surface area contributed by atoms with Gasteiger partial charge in [0.05, 0.1) is 6.61 Å². The summed E-state index contributed by atoms with van der Waals surface area (Å²) in [5, 5.41) is 4.48. The molecule has 2 aromatic rings. The topological polar surface area (TPSA) is 95.7 Å². The number of para-hydroxylation sites is 1. The molecule has 0 saturated carbocycles. The Kier molecular flexibility index (Phi) is 8.21. The van der Waals surface area contributed by atoms with Crippen LogP contribution in [0, 0.1) is 0 Å². The molecule has 2 heterocycles. The molecule has 1 fully saturated rings. The first-order valence-electron chi connectivity index (χ1n) is 9.20. The Morgan fingerprint density at radius 2 is 2.11 bits per heavy atom. The third-order valence-corrected chi connectivity index (χ3v) is 4.62. The summed E-state index contributed by atoms with van der Waals surface area (Å²) in [6, 6.07) is 10.6. The molecule has 0 spiro atoms. The molecule has 3 rings (SSSR count). The Labute approximate surface area is 176 Å². The standard InChI is InChI=1S/C19H27N5O2.HI/c1-2-26-19(25)24-11-8-15(9-12-24)23-18(20)21-10-7-16-13-14-5-3-4-6-17(14)22-16;/h3-6,13,15,22H,2,7-12H2,1H3,(H3,20,21,23);1H. The van der Waals surface area contributed by atoms with Gasteiger partial charge < -0.3 is 25.7 Å². The number of amides is 1. The number of guanidine groups is 1. The molecule has 0 unspecified atom stereocenters. The first-order valence-corrected chi connectivity index (χ1v) is 9.20. The van der Waals surface area contributed by atoms with Crippen molar-refractivity contribution < 1.29 is 9.53 Å². The molecule has 0 aliphatic carbocycles. The van der Waals surface area contributed by atoms with Crippen molar-refractivity contribution in [3.63, 3.8) is 0 Å². The van der Waals surface area contributed by atoms with Crippen LogP contribution in [0.4, 0.5) is 4.79 Å². The zero-order valence-electron chi connectivity index (χ0n) is 15.6. The maximum atomic E-state index is 11.7. The van der Waals surface area contributed by atoms with Crippen LogP contribution in [0.3, 0.4) is 0 Å². The summed E-state index contributed by atoms with van der Waals surface area (Å²) < 4.78 is 5.03. The van der Waals surface area contributed by atoms with Gasteiger partial charge in [-0.25, -0.2) is 4.79 Å². The summed E-state index contributed by atoms with van der Waals surface area (Å²) in [7, 11) is 0. The number of carbonyl (C=O) groups excluding carboxylic acids is 1. The molecule has 1 aliphatic rings. The number of benzene rings is 1. The molecule has 1 aliphatic heterocycles. The van der Waals surface area contributed by atoms with E-state index >= 15 is 0 Å². The minimum absolute atomic E-state index is 0. The molecule has 1 amide bonds. The van der Waals surface area contributed by atoms with E-state index in [9.17, 15) is 4.79 Å². The number of H-pyrrole nitrogens is 1. The van der Waals surface area contributed by atoms with E-state index in [1.807, 2.05) is 19.1 Å². The molecule has 1 aromatic heterocycles. The van der Waals surface area contributed by atoms with Crippen molar-refractivity contribution in [3.8, 4) is 0 Å². The minimum atomic E-state index is -0.231. The largest absolute Gasteiger partial charge is 0.450 e. The van der Waals surface area contributed by atoms with E-state index in [2.05, 4.69) is 33.5 Å². The lowest BCUT2D eigenvalue weighted by Crippen LogP contribution is -2.48. The summed E-state index contributed by atoms with van der Waals surface area (Å²) in [6.07, 6.45) is 2.28. The molecule has 8 heteroatoms. The van der Waals surface area contributed by atoms with Crippen LogP contribution in [0.1, 0.15) is 25.5 Å². The van der Waals surface area contributed by atoms with E-state index in [-0.39, 0.29) is 36.1 Å². The first-order chi connectivity index (χ1) is 12.7. The fourth-order valence-corrected chi connectivity index (χ4v) is 3.24. The number of piperidine rings is 1. The summed E-state index contributed by atoms with van der Waals surface area (Å²) in [4.78, 5) is 21.3. The molecule has 4 N–H and O–H groups in total. The van der Waals surface area contributed by atoms with Crippen molar-refractivity contribution in [2.75, 3.05) is 26.2 Å². The normalized spacial score (nSPS) is 15.4. The van der Waals surface area contributed by atoms with Gasteiger partial charge in [-0.1, -0.05) is 18.2 Å². The third kappa shape index (κ3) is 6.02. The number of fused-ring (bicyclic) bond motifs is 1. The summed E-state index contributed by atoms with van der Waals surface area (Å²) >= 11 is 0. The summed E-state index contributed by atoms with van der Waals surface area (Å²) in [6.45, 7) is 4.22. The van der Waals surface area contributed by atoms with Crippen LogP contribution in [-0.4, -0.2) is 54.2 Å². The number of aromatic amines is 1. The van der Waals surface area contributed by atoms with Crippen LogP contribution in [0.5, 0.6) is 0 Å². The average Bonchev–Trinajstić information content (AvgIpc) is 3.05. The molecule has 0 bridgehead atoms. The fourth-order valence-electron chi connectivity index (χ4n) is 3.24. The highest BCUT2D eigenvalue weighted by atomic mass is 127. The number of rotatable bonds is 5. The average molecular weight is 485 g/mol. The van der Waals surface area contributed by atoms with E-state index in [4.69, 9.17) is 10.5 Å². The number of hydrogen-bond donors (Lipinski definition) is 3. The van der Waals surface area contributed by atoms with Gasteiger partial charge in [-0.05, 0) is 37.3 Å². The van der Waals surface area contributed by atoms with Crippen molar-refractivity contribution in [2.45, 2.75) is 32.2 Å². The molecule has 1 aromatic carbocycles. The van der Waals surface area contributed by atoms with Gasteiger partial charge in [0.2, 0.25) is 0 Å². The number of hydrogen-bond acceptors (Lipinski definition) is 3. The van der Waals surface area contributed by atoms with Crippen LogP contribution in [0.15, 0.2) is 35.3 Å². The van der Waals surface area contributed by atoms with E-state index < -0.39 is 0 Å².